The Labute approximate surface area is 176 Å². The number of pyridine rings is 1. The number of hydrogen-bond acceptors (Lipinski definition) is 5. The molecule has 1 aliphatic heterocycles. The van der Waals surface area contributed by atoms with Crippen molar-refractivity contribution < 1.29 is 13.2 Å². The fourth-order valence-corrected chi connectivity index (χ4v) is 5.36. The number of amides is 1. The third-order valence-corrected chi connectivity index (χ3v) is 7.57. The molecule has 0 aliphatic carbocycles. The maximum atomic E-state index is 13.0. The molecule has 0 atom stereocenters. The summed E-state index contributed by atoms with van der Waals surface area (Å²) < 4.78 is 27.1. The quantitative estimate of drug-likeness (QED) is 0.696. The summed E-state index contributed by atoms with van der Waals surface area (Å²) in [4.78, 5) is 21.2. The fraction of sp³-hybridized carbons (Fsp3) is 0.400. The molecule has 0 bridgehead atoms. The van der Waals surface area contributed by atoms with Crippen molar-refractivity contribution in [2.45, 2.75) is 18.7 Å². The second-order valence-electron chi connectivity index (χ2n) is 6.70. The van der Waals surface area contributed by atoms with Gasteiger partial charge in [-0.25, -0.2) is 13.4 Å². The molecule has 1 amide bonds. The largest absolute Gasteiger partial charge is 0.353 e. The summed E-state index contributed by atoms with van der Waals surface area (Å²) in [6, 6.07) is 10.2. The highest BCUT2D eigenvalue weighted by Gasteiger charge is 2.28. The highest BCUT2D eigenvalue weighted by Crippen LogP contribution is 2.26. The number of piperazine rings is 1. The lowest BCUT2D eigenvalue weighted by Gasteiger charge is -2.35. The van der Waals surface area contributed by atoms with Gasteiger partial charge < -0.3 is 9.80 Å². The van der Waals surface area contributed by atoms with Gasteiger partial charge in [0.05, 0.1) is 5.02 Å². The Bertz CT molecular complexity index is 957. The van der Waals surface area contributed by atoms with Crippen LogP contribution in [0.2, 0.25) is 5.02 Å². The van der Waals surface area contributed by atoms with Crippen LogP contribution in [0, 0.1) is 0 Å². The number of aromatic nitrogens is 1. The summed E-state index contributed by atoms with van der Waals surface area (Å²) in [5.41, 5.74) is 0.325. The molecule has 0 saturated carbocycles. The molecule has 1 fully saturated rings. The van der Waals surface area contributed by atoms with E-state index in [1.807, 2.05) is 18.2 Å². The van der Waals surface area contributed by atoms with Gasteiger partial charge in [-0.05, 0) is 30.3 Å². The van der Waals surface area contributed by atoms with Crippen molar-refractivity contribution in [2.75, 3.05) is 44.2 Å². The summed E-state index contributed by atoms with van der Waals surface area (Å²) in [6.45, 7) is 6.62. The lowest BCUT2D eigenvalue weighted by Crippen LogP contribution is -2.49. The van der Waals surface area contributed by atoms with Crippen LogP contribution >= 0.6 is 11.6 Å². The summed E-state index contributed by atoms with van der Waals surface area (Å²) >= 11 is 6.17. The molecule has 0 unspecified atom stereocenters. The van der Waals surface area contributed by atoms with Crippen LogP contribution in [0.25, 0.3) is 0 Å². The van der Waals surface area contributed by atoms with Crippen molar-refractivity contribution in [2.24, 2.45) is 0 Å². The van der Waals surface area contributed by atoms with Crippen molar-refractivity contribution >= 4 is 33.3 Å². The van der Waals surface area contributed by atoms with Crippen LogP contribution in [0.4, 0.5) is 5.82 Å². The van der Waals surface area contributed by atoms with E-state index < -0.39 is 10.0 Å². The van der Waals surface area contributed by atoms with Crippen molar-refractivity contribution in [3.63, 3.8) is 0 Å². The van der Waals surface area contributed by atoms with E-state index in [1.165, 1.54) is 16.4 Å². The molecule has 2 heterocycles. The summed E-state index contributed by atoms with van der Waals surface area (Å²) in [5.74, 6) is 0.692. The van der Waals surface area contributed by atoms with Crippen molar-refractivity contribution in [1.29, 1.82) is 0 Å². The SMILES string of the molecule is CCN(CC)S(=O)(=O)c1cc(C(=O)N2CCN(c3ccccn3)CC2)ccc1Cl. The van der Waals surface area contributed by atoms with Crippen LogP contribution in [0.1, 0.15) is 24.2 Å². The number of hydrogen-bond donors (Lipinski definition) is 0. The van der Waals surface area contributed by atoms with Crippen molar-refractivity contribution in [1.82, 2.24) is 14.2 Å². The van der Waals surface area contributed by atoms with Crippen LogP contribution in [0.15, 0.2) is 47.5 Å². The van der Waals surface area contributed by atoms with E-state index in [2.05, 4.69) is 9.88 Å². The van der Waals surface area contributed by atoms with Crippen LogP contribution in [0.5, 0.6) is 0 Å². The standard InChI is InChI=1S/C20H25ClN4O3S/c1-3-25(4-2)29(27,28)18-15-16(8-9-17(18)21)20(26)24-13-11-23(12-14-24)19-7-5-6-10-22-19/h5-10,15H,3-4,11-14H2,1-2H3. The second-order valence-corrected chi connectivity index (χ2v) is 9.02. The van der Waals surface area contributed by atoms with Crippen molar-refractivity contribution in [3.8, 4) is 0 Å². The third-order valence-electron chi connectivity index (χ3n) is 5.04. The highest BCUT2D eigenvalue weighted by atomic mass is 35.5. The first-order valence-electron chi connectivity index (χ1n) is 9.63. The lowest BCUT2D eigenvalue weighted by molar-refractivity contribution is 0.0746. The third kappa shape index (κ3) is 4.55. The fourth-order valence-electron chi connectivity index (χ4n) is 3.40. The number of rotatable bonds is 6. The first kappa shape index (κ1) is 21.5. The molecule has 29 heavy (non-hydrogen) atoms. The zero-order valence-electron chi connectivity index (χ0n) is 16.6. The topological polar surface area (TPSA) is 73.8 Å². The second kappa shape index (κ2) is 9.11. The highest BCUT2D eigenvalue weighted by molar-refractivity contribution is 7.89. The van der Waals surface area contributed by atoms with E-state index >= 15 is 0 Å². The van der Waals surface area contributed by atoms with Crippen LogP contribution in [-0.4, -0.2) is 67.8 Å². The molecule has 1 aliphatic rings. The lowest BCUT2D eigenvalue weighted by atomic mass is 10.2. The smallest absolute Gasteiger partial charge is 0.254 e. The van der Waals surface area contributed by atoms with Crippen LogP contribution in [0.3, 0.4) is 0 Å². The normalized spacial score (nSPS) is 15.0. The Morgan fingerprint density at radius 2 is 1.79 bits per heavy atom. The molecule has 0 N–H and O–H groups in total. The molecule has 9 heteroatoms. The van der Waals surface area contributed by atoms with E-state index in [0.29, 0.717) is 44.8 Å². The average Bonchev–Trinajstić information content (AvgIpc) is 2.75. The molecule has 3 rings (SSSR count). The Morgan fingerprint density at radius 1 is 1.10 bits per heavy atom. The number of anilines is 1. The Morgan fingerprint density at radius 3 is 2.38 bits per heavy atom. The predicted molar refractivity (Wildman–Crippen MR) is 114 cm³/mol. The van der Waals surface area contributed by atoms with Gasteiger partial charge in [0.1, 0.15) is 10.7 Å². The minimum Gasteiger partial charge on any atom is -0.353 e. The molecule has 0 radical (unpaired) electrons. The number of carbonyl (C=O) groups is 1. The van der Waals surface area contributed by atoms with Gasteiger partial charge in [0.2, 0.25) is 10.0 Å². The van der Waals surface area contributed by atoms with Gasteiger partial charge in [0.15, 0.2) is 0 Å². The van der Waals surface area contributed by atoms with Gasteiger partial charge in [-0.3, -0.25) is 4.79 Å². The molecule has 7 nitrogen and oxygen atoms in total. The predicted octanol–water partition coefficient (Wildman–Crippen LogP) is 2.73. The average molecular weight is 437 g/mol. The zero-order valence-corrected chi connectivity index (χ0v) is 18.2. The summed E-state index contributed by atoms with van der Waals surface area (Å²) in [6.07, 6.45) is 1.75. The van der Waals surface area contributed by atoms with E-state index in [1.54, 1.807) is 31.0 Å². The van der Waals surface area contributed by atoms with Gasteiger partial charge in [-0.1, -0.05) is 31.5 Å². The van der Waals surface area contributed by atoms with Gasteiger partial charge in [-0.2, -0.15) is 4.31 Å². The summed E-state index contributed by atoms with van der Waals surface area (Å²) in [5, 5.41) is 0.119. The van der Waals surface area contributed by atoms with Gasteiger partial charge in [0, 0.05) is 51.0 Å². The molecule has 156 valence electrons. The number of benzene rings is 1. The molecule has 1 aromatic carbocycles. The molecule has 0 spiro atoms. The number of nitrogens with zero attached hydrogens (tertiary/aromatic N) is 4. The minimum absolute atomic E-state index is 0.0270. The van der Waals surface area contributed by atoms with E-state index in [0.717, 1.165) is 5.82 Å². The van der Waals surface area contributed by atoms with Gasteiger partial charge in [-0.15, -0.1) is 0 Å². The Balaban J connectivity index is 1.77. The van der Waals surface area contributed by atoms with E-state index in [9.17, 15) is 13.2 Å². The first-order valence-corrected chi connectivity index (χ1v) is 11.4. The van der Waals surface area contributed by atoms with E-state index in [4.69, 9.17) is 11.6 Å². The first-order chi connectivity index (χ1) is 13.9. The van der Waals surface area contributed by atoms with Crippen LogP contribution in [-0.2, 0) is 10.0 Å². The molecule has 1 aromatic heterocycles. The molecular formula is C20H25ClN4O3S. The maximum absolute atomic E-state index is 13.0. The Kier molecular flexibility index (Phi) is 6.77. The van der Waals surface area contributed by atoms with Crippen molar-refractivity contribution in [3.05, 3.63) is 53.2 Å². The van der Waals surface area contributed by atoms with Crippen LogP contribution < -0.4 is 4.90 Å². The van der Waals surface area contributed by atoms with Gasteiger partial charge in [0.25, 0.3) is 5.91 Å². The number of halogens is 1. The number of carbonyl (C=O) groups excluding carboxylic acids is 1. The number of sulfonamides is 1. The molecule has 2 aromatic rings. The Hall–Kier alpha value is -2.16. The molecular weight excluding hydrogens is 412 g/mol. The monoisotopic (exact) mass is 436 g/mol. The minimum atomic E-state index is -3.75. The maximum Gasteiger partial charge on any atom is 0.254 e. The zero-order chi connectivity index (χ0) is 21.0. The van der Waals surface area contributed by atoms with E-state index in [-0.39, 0.29) is 15.8 Å². The summed E-state index contributed by atoms with van der Waals surface area (Å²) in [7, 11) is -3.75. The molecule has 1 saturated heterocycles. The van der Waals surface area contributed by atoms with Gasteiger partial charge >= 0.3 is 0 Å².